The Morgan fingerprint density at radius 2 is 1.13 bits per heavy atom. The Labute approximate surface area is 322 Å². The van der Waals surface area contributed by atoms with Gasteiger partial charge in [-0.3, -0.25) is 9.59 Å². The smallest absolute Gasteiger partial charge is 0.407 e. The molecule has 2 rings (SSSR count). The summed E-state index contributed by atoms with van der Waals surface area (Å²) in [5.74, 6) is -3.54. The van der Waals surface area contributed by atoms with Crippen LogP contribution in [0.15, 0.2) is 60.7 Å². The molecule has 0 heterocycles. The standard InChI is InChI=1S/C28H37N3O7.C11H21NO5/c1-5-12-21(30-27(36)38-28(2,3)4)24(33)25(34)29-17-22(32)31-23(20-15-10-7-11-16-20)26(35)37-18-19-13-8-6-9-14-19;1-5-6-7(8(13)9(14)15)12-10(16)17-11(2,3)4/h6-11,13-16,21,23-24,33H,5,12,17-18H2,1-4H3,(H,29,34)(H,30,36)(H,31,32);7-8,13H,5-6H2,1-4H3,(H,12,16)(H,14,15)/t21?,23-,24?;/m0./s1. The fourth-order valence-corrected chi connectivity index (χ4v) is 4.73. The fourth-order valence-electron chi connectivity index (χ4n) is 4.73. The predicted octanol–water partition coefficient (Wildman–Crippen LogP) is 3.88. The third-order valence-electron chi connectivity index (χ3n) is 7.21. The molecule has 2 aromatic rings. The zero-order chi connectivity index (χ0) is 41.8. The first-order valence-electron chi connectivity index (χ1n) is 18.1. The first-order chi connectivity index (χ1) is 25.7. The van der Waals surface area contributed by atoms with E-state index in [2.05, 4.69) is 21.3 Å². The van der Waals surface area contributed by atoms with Crippen LogP contribution in [-0.2, 0) is 40.0 Å². The molecule has 0 fully saturated rings. The highest BCUT2D eigenvalue weighted by atomic mass is 16.6. The second-order valence-corrected chi connectivity index (χ2v) is 14.5. The average molecular weight is 775 g/mol. The summed E-state index contributed by atoms with van der Waals surface area (Å²) in [6.45, 7) is 13.4. The number of amides is 4. The molecule has 0 aromatic heterocycles. The van der Waals surface area contributed by atoms with Crippen LogP contribution in [0.3, 0.4) is 0 Å². The predicted molar refractivity (Wildman–Crippen MR) is 202 cm³/mol. The number of nitrogens with one attached hydrogen (secondary N) is 4. The van der Waals surface area contributed by atoms with Crippen LogP contribution in [0.25, 0.3) is 0 Å². The molecule has 4 amide bonds. The molecule has 5 atom stereocenters. The Hall–Kier alpha value is -5.22. The van der Waals surface area contributed by atoms with Gasteiger partial charge in [-0.25, -0.2) is 19.2 Å². The Bertz CT molecular complexity index is 1510. The van der Waals surface area contributed by atoms with Crippen molar-refractivity contribution >= 4 is 35.9 Å². The molecule has 2 aromatic carbocycles. The number of hydrogen-bond donors (Lipinski definition) is 7. The van der Waals surface area contributed by atoms with Crippen LogP contribution >= 0.6 is 0 Å². The molecule has 0 spiro atoms. The van der Waals surface area contributed by atoms with E-state index in [9.17, 15) is 39.0 Å². The quantitative estimate of drug-likeness (QED) is 0.0896. The molecular weight excluding hydrogens is 716 g/mol. The van der Waals surface area contributed by atoms with Gasteiger partial charge in [0.15, 0.2) is 18.2 Å². The van der Waals surface area contributed by atoms with Gasteiger partial charge in [0.1, 0.15) is 17.8 Å². The van der Waals surface area contributed by atoms with E-state index < -0.39 is 84.0 Å². The number of carboxylic acids is 1. The molecule has 4 unspecified atom stereocenters. The molecular formula is C39H58N4O12. The van der Waals surface area contributed by atoms with Crippen molar-refractivity contribution in [3.63, 3.8) is 0 Å². The van der Waals surface area contributed by atoms with Crippen molar-refractivity contribution in [2.75, 3.05) is 6.54 Å². The summed E-state index contributed by atoms with van der Waals surface area (Å²) in [5.41, 5.74) is -0.102. The summed E-state index contributed by atoms with van der Waals surface area (Å²) >= 11 is 0. The van der Waals surface area contributed by atoms with E-state index >= 15 is 0 Å². The third-order valence-corrected chi connectivity index (χ3v) is 7.21. The normalized spacial score (nSPS) is 13.9. The summed E-state index contributed by atoms with van der Waals surface area (Å²) in [7, 11) is 0. The maximum absolute atomic E-state index is 12.8. The third kappa shape index (κ3) is 20.2. The van der Waals surface area contributed by atoms with E-state index in [-0.39, 0.29) is 6.61 Å². The fraction of sp³-hybridized carbons (Fsp3) is 0.538. The highest BCUT2D eigenvalue weighted by Gasteiger charge is 2.31. The lowest BCUT2D eigenvalue weighted by molar-refractivity contribution is -0.149. The minimum Gasteiger partial charge on any atom is -0.479 e. The lowest BCUT2D eigenvalue weighted by atomic mass is 10.1. The second kappa shape index (κ2) is 23.5. The van der Waals surface area contributed by atoms with Crippen LogP contribution in [0.4, 0.5) is 9.59 Å². The average Bonchev–Trinajstić information content (AvgIpc) is 3.10. The van der Waals surface area contributed by atoms with Gasteiger partial charge in [0.25, 0.3) is 5.91 Å². The van der Waals surface area contributed by atoms with Crippen molar-refractivity contribution in [1.82, 2.24) is 21.3 Å². The molecule has 0 aliphatic carbocycles. The van der Waals surface area contributed by atoms with Crippen LogP contribution in [0.1, 0.15) is 98.2 Å². The number of aliphatic hydroxyl groups is 2. The number of aliphatic hydroxyl groups excluding tert-OH is 2. The summed E-state index contributed by atoms with van der Waals surface area (Å²) in [6, 6.07) is 14.8. The van der Waals surface area contributed by atoms with Crippen LogP contribution in [0.2, 0.25) is 0 Å². The number of alkyl carbamates (subject to hydrolysis) is 2. The largest absolute Gasteiger partial charge is 0.479 e. The lowest BCUT2D eigenvalue weighted by Gasteiger charge is -2.26. The number of hydrogen-bond acceptors (Lipinski definition) is 11. The molecule has 16 nitrogen and oxygen atoms in total. The van der Waals surface area contributed by atoms with E-state index in [0.717, 1.165) is 5.56 Å². The van der Waals surface area contributed by atoms with Crippen LogP contribution in [0.5, 0.6) is 0 Å². The summed E-state index contributed by atoms with van der Waals surface area (Å²) in [4.78, 5) is 72.2. The van der Waals surface area contributed by atoms with Gasteiger partial charge < -0.3 is 50.8 Å². The van der Waals surface area contributed by atoms with Crippen LogP contribution in [-0.4, -0.2) is 93.3 Å². The van der Waals surface area contributed by atoms with Crippen molar-refractivity contribution in [2.24, 2.45) is 0 Å². The number of carbonyl (C=O) groups is 6. The van der Waals surface area contributed by atoms with Crippen molar-refractivity contribution in [2.45, 2.75) is 129 Å². The van der Waals surface area contributed by atoms with Gasteiger partial charge in [-0.15, -0.1) is 0 Å². The first kappa shape index (κ1) is 47.8. The molecule has 0 aliphatic rings. The van der Waals surface area contributed by atoms with Gasteiger partial charge in [-0.2, -0.15) is 0 Å². The Kier molecular flexibility index (Phi) is 20.5. The Morgan fingerprint density at radius 3 is 1.56 bits per heavy atom. The molecule has 0 radical (unpaired) electrons. The van der Waals surface area contributed by atoms with E-state index in [1.54, 1.807) is 71.9 Å². The number of aliphatic carboxylic acids is 1. The van der Waals surface area contributed by atoms with E-state index in [0.29, 0.717) is 31.2 Å². The van der Waals surface area contributed by atoms with Gasteiger partial charge in [0, 0.05) is 0 Å². The topological polar surface area (TPSA) is 239 Å². The number of carbonyl (C=O) groups excluding carboxylic acids is 5. The van der Waals surface area contributed by atoms with Gasteiger partial charge in [-0.1, -0.05) is 87.4 Å². The van der Waals surface area contributed by atoms with Gasteiger partial charge in [0.2, 0.25) is 5.91 Å². The Balaban J connectivity index is 0.000000747. The van der Waals surface area contributed by atoms with Gasteiger partial charge >= 0.3 is 24.1 Å². The van der Waals surface area contributed by atoms with Crippen molar-refractivity contribution < 1.29 is 58.3 Å². The summed E-state index contributed by atoms with van der Waals surface area (Å²) in [5, 5.41) is 38.4. The minimum atomic E-state index is -1.62. The number of benzene rings is 2. The molecule has 0 bridgehead atoms. The van der Waals surface area contributed by atoms with Gasteiger partial charge in [-0.05, 0) is 65.5 Å². The summed E-state index contributed by atoms with van der Waals surface area (Å²) in [6.07, 6.45) is -2.83. The first-order valence-corrected chi connectivity index (χ1v) is 18.1. The van der Waals surface area contributed by atoms with E-state index in [4.69, 9.17) is 19.3 Å². The van der Waals surface area contributed by atoms with E-state index in [1.807, 2.05) is 44.2 Å². The van der Waals surface area contributed by atoms with Crippen molar-refractivity contribution in [1.29, 1.82) is 0 Å². The minimum absolute atomic E-state index is 0.0330. The number of esters is 1. The highest BCUT2D eigenvalue weighted by Crippen LogP contribution is 2.16. The number of rotatable bonds is 17. The lowest BCUT2D eigenvalue weighted by Crippen LogP contribution is -2.52. The number of ether oxygens (including phenoxy) is 3. The zero-order valence-electron chi connectivity index (χ0n) is 32.9. The molecule has 0 aliphatic heterocycles. The zero-order valence-corrected chi connectivity index (χ0v) is 32.9. The SMILES string of the molecule is CCCC(NC(=O)OC(C)(C)C)C(O)C(=O)NCC(=O)N[C@H](C(=O)OCc1ccccc1)c1ccccc1.CCCC(NC(=O)OC(C)(C)C)C(O)C(=O)O. The summed E-state index contributed by atoms with van der Waals surface area (Å²) < 4.78 is 15.6. The number of carboxylic acid groups (broad SMARTS) is 1. The van der Waals surface area contributed by atoms with Crippen LogP contribution < -0.4 is 21.3 Å². The highest BCUT2D eigenvalue weighted by molar-refractivity contribution is 5.90. The monoisotopic (exact) mass is 774 g/mol. The maximum atomic E-state index is 12.8. The molecule has 306 valence electrons. The molecule has 0 saturated heterocycles. The molecule has 7 N–H and O–H groups in total. The van der Waals surface area contributed by atoms with Crippen molar-refractivity contribution in [3.8, 4) is 0 Å². The van der Waals surface area contributed by atoms with Crippen molar-refractivity contribution in [3.05, 3.63) is 71.8 Å². The van der Waals surface area contributed by atoms with Crippen LogP contribution in [0, 0.1) is 0 Å². The van der Waals surface area contributed by atoms with E-state index in [1.165, 1.54) is 0 Å². The molecule has 55 heavy (non-hydrogen) atoms. The second-order valence-electron chi connectivity index (χ2n) is 14.5. The Morgan fingerprint density at radius 1 is 0.673 bits per heavy atom. The molecule has 0 saturated carbocycles. The van der Waals surface area contributed by atoms with Gasteiger partial charge in [0.05, 0.1) is 18.6 Å². The molecule has 16 heteroatoms. The maximum Gasteiger partial charge on any atom is 0.407 e.